The van der Waals surface area contributed by atoms with Gasteiger partial charge in [0.15, 0.2) is 11.6 Å². The molecule has 0 saturated heterocycles. The minimum absolute atomic E-state index is 0.0665. The van der Waals surface area contributed by atoms with Gasteiger partial charge < -0.3 is 9.47 Å². The van der Waals surface area contributed by atoms with Gasteiger partial charge in [0.05, 0.1) is 12.7 Å². The van der Waals surface area contributed by atoms with Crippen molar-refractivity contribution >= 4 is 5.78 Å². The van der Waals surface area contributed by atoms with Gasteiger partial charge in [-0.05, 0) is 35.9 Å². The lowest BCUT2D eigenvalue weighted by atomic mass is 10.1. The molecular weight excluding hydrogens is 284 g/mol. The lowest BCUT2D eigenvalue weighted by Gasteiger charge is -2.11. The van der Waals surface area contributed by atoms with Crippen molar-refractivity contribution in [3.8, 4) is 11.5 Å². The number of aryl methyl sites for hydroxylation is 1. The summed E-state index contributed by atoms with van der Waals surface area (Å²) in [5, 5.41) is 11.6. The Hall–Kier alpha value is -2.44. The van der Waals surface area contributed by atoms with E-state index < -0.39 is 0 Å². The molecule has 118 valence electrons. The van der Waals surface area contributed by atoms with E-state index in [4.69, 9.17) is 9.47 Å². The molecule has 0 spiro atoms. The molecule has 0 radical (unpaired) electrons. The molecule has 2 rings (SSSR count). The molecule has 0 saturated carbocycles. The third-order valence-corrected chi connectivity index (χ3v) is 3.25. The Morgan fingerprint density at radius 2 is 2.18 bits per heavy atom. The molecule has 1 aromatic heterocycles. The number of tetrazole rings is 1. The molecule has 0 aliphatic carbocycles. The van der Waals surface area contributed by atoms with Gasteiger partial charge >= 0.3 is 0 Å². The minimum Gasteiger partial charge on any atom is -0.497 e. The molecule has 0 aliphatic rings. The molecule has 0 aliphatic heterocycles. The van der Waals surface area contributed by atoms with Gasteiger partial charge in [-0.2, -0.15) is 0 Å². The molecule has 7 heteroatoms. The van der Waals surface area contributed by atoms with E-state index in [0.29, 0.717) is 22.9 Å². The van der Waals surface area contributed by atoms with E-state index >= 15 is 0 Å². The highest BCUT2D eigenvalue weighted by Gasteiger charge is 2.12. The zero-order chi connectivity index (χ0) is 15.9. The number of ketones is 1. The highest BCUT2D eigenvalue weighted by atomic mass is 16.5. The van der Waals surface area contributed by atoms with E-state index in [1.165, 1.54) is 6.92 Å². The summed E-state index contributed by atoms with van der Waals surface area (Å²) >= 11 is 0. The number of Topliss-reactive ketones (excluding diaryl/α,β-unsaturated/α-hetero) is 1. The van der Waals surface area contributed by atoms with Crippen LogP contribution in [0.3, 0.4) is 0 Å². The first kappa shape index (κ1) is 15.9. The monoisotopic (exact) mass is 304 g/mol. The Bertz CT molecular complexity index is 639. The fourth-order valence-electron chi connectivity index (χ4n) is 1.99. The van der Waals surface area contributed by atoms with E-state index in [-0.39, 0.29) is 12.4 Å². The van der Waals surface area contributed by atoms with Gasteiger partial charge in [0.1, 0.15) is 18.1 Å². The van der Waals surface area contributed by atoms with Crippen molar-refractivity contribution in [2.45, 2.75) is 39.8 Å². The number of hydrogen-bond acceptors (Lipinski definition) is 6. The summed E-state index contributed by atoms with van der Waals surface area (Å²) in [5.74, 6) is 1.66. The first-order valence-corrected chi connectivity index (χ1v) is 7.22. The maximum absolute atomic E-state index is 11.7. The fraction of sp³-hybridized carbons (Fsp3) is 0.467. The fourth-order valence-corrected chi connectivity index (χ4v) is 1.99. The van der Waals surface area contributed by atoms with E-state index in [1.807, 2.05) is 0 Å². The predicted molar refractivity (Wildman–Crippen MR) is 80.1 cm³/mol. The Kier molecular flexibility index (Phi) is 5.46. The largest absolute Gasteiger partial charge is 0.497 e. The van der Waals surface area contributed by atoms with Crippen molar-refractivity contribution in [2.24, 2.45) is 0 Å². The summed E-state index contributed by atoms with van der Waals surface area (Å²) in [6.45, 7) is 4.56. The highest BCUT2D eigenvalue weighted by Crippen LogP contribution is 2.25. The van der Waals surface area contributed by atoms with E-state index in [9.17, 15) is 4.79 Å². The van der Waals surface area contributed by atoms with Crippen molar-refractivity contribution in [3.05, 3.63) is 29.6 Å². The van der Waals surface area contributed by atoms with Crippen molar-refractivity contribution in [2.75, 3.05) is 7.11 Å². The first-order valence-electron chi connectivity index (χ1n) is 7.22. The normalized spacial score (nSPS) is 10.5. The predicted octanol–water partition coefficient (Wildman–Crippen LogP) is 2.26. The van der Waals surface area contributed by atoms with Gasteiger partial charge in [-0.1, -0.05) is 13.3 Å². The van der Waals surface area contributed by atoms with Crippen molar-refractivity contribution in [3.63, 3.8) is 0 Å². The van der Waals surface area contributed by atoms with Crippen molar-refractivity contribution in [1.82, 2.24) is 20.2 Å². The Morgan fingerprint density at radius 3 is 2.86 bits per heavy atom. The minimum atomic E-state index is -0.0665. The van der Waals surface area contributed by atoms with Crippen molar-refractivity contribution < 1.29 is 14.3 Å². The molecule has 7 nitrogen and oxygen atoms in total. The first-order chi connectivity index (χ1) is 10.7. The lowest BCUT2D eigenvalue weighted by molar-refractivity contribution is 0.101. The molecular formula is C15H20N4O3. The summed E-state index contributed by atoms with van der Waals surface area (Å²) in [6, 6.07) is 5.11. The average molecular weight is 304 g/mol. The van der Waals surface area contributed by atoms with Crippen LogP contribution < -0.4 is 9.47 Å². The van der Waals surface area contributed by atoms with E-state index in [1.54, 1.807) is 30.0 Å². The van der Waals surface area contributed by atoms with Crippen LogP contribution in [0.15, 0.2) is 18.2 Å². The number of carbonyl (C=O) groups is 1. The third kappa shape index (κ3) is 3.81. The number of ether oxygens (including phenoxy) is 2. The number of aromatic nitrogens is 4. The maximum Gasteiger partial charge on any atom is 0.189 e. The van der Waals surface area contributed by atoms with Crippen molar-refractivity contribution in [1.29, 1.82) is 0 Å². The molecule has 22 heavy (non-hydrogen) atoms. The third-order valence-electron chi connectivity index (χ3n) is 3.25. The number of carbonyl (C=O) groups excluding carboxylic acids is 1. The number of unbranched alkanes of at least 4 members (excludes halogenated alkanes) is 1. The topological polar surface area (TPSA) is 79.1 Å². The quantitative estimate of drug-likeness (QED) is 0.696. The second-order valence-corrected chi connectivity index (χ2v) is 4.88. The summed E-state index contributed by atoms with van der Waals surface area (Å²) in [7, 11) is 1.57. The Morgan fingerprint density at radius 1 is 1.36 bits per heavy atom. The standard InChI is InChI=1S/C15H20N4O3/c1-4-5-8-19-15(16-17-18-19)10-22-14-9-12(21-3)6-7-13(14)11(2)20/h6-7,9H,4-5,8,10H2,1-3H3. The smallest absolute Gasteiger partial charge is 0.189 e. The van der Waals surface area contributed by atoms with Crippen LogP contribution in [-0.4, -0.2) is 33.1 Å². The SMILES string of the molecule is CCCCn1nnnc1COc1cc(OC)ccc1C(C)=O. The molecule has 1 aromatic carbocycles. The zero-order valence-corrected chi connectivity index (χ0v) is 13.1. The molecule has 2 aromatic rings. The second kappa shape index (κ2) is 7.53. The van der Waals surface area contributed by atoms with Gasteiger partial charge in [-0.15, -0.1) is 5.10 Å². The summed E-state index contributed by atoms with van der Waals surface area (Å²) in [6.07, 6.45) is 2.06. The van der Waals surface area contributed by atoms with Crippen LogP contribution in [0.1, 0.15) is 42.9 Å². The van der Waals surface area contributed by atoms with Gasteiger partial charge in [0, 0.05) is 12.6 Å². The van der Waals surface area contributed by atoms with Crippen LogP contribution in [-0.2, 0) is 13.2 Å². The van der Waals surface area contributed by atoms with Crippen LogP contribution in [0.2, 0.25) is 0 Å². The van der Waals surface area contributed by atoms with E-state index in [2.05, 4.69) is 22.4 Å². The molecule has 0 N–H and O–H groups in total. The molecule has 0 bridgehead atoms. The summed E-state index contributed by atoms with van der Waals surface area (Å²) in [5.41, 5.74) is 0.508. The molecule has 0 atom stereocenters. The summed E-state index contributed by atoms with van der Waals surface area (Å²) in [4.78, 5) is 11.7. The maximum atomic E-state index is 11.7. The summed E-state index contributed by atoms with van der Waals surface area (Å²) < 4.78 is 12.6. The molecule has 0 fully saturated rings. The van der Waals surface area contributed by atoms with Crippen LogP contribution in [0.4, 0.5) is 0 Å². The Labute approximate surface area is 129 Å². The lowest BCUT2D eigenvalue weighted by Crippen LogP contribution is -2.10. The number of methoxy groups -OCH3 is 1. The van der Waals surface area contributed by atoms with Gasteiger partial charge in [0.2, 0.25) is 0 Å². The highest BCUT2D eigenvalue weighted by molar-refractivity contribution is 5.97. The zero-order valence-electron chi connectivity index (χ0n) is 13.1. The van der Waals surface area contributed by atoms with Gasteiger partial charge in [-0.3, -0.25) is 4.79 Å². The molecule has 0 amide bonds. The molecule has 0 unspecified atom stereocenters. The average Bonchev–Trinajstić information content (AvgIpc) is 2.97. The van der Waals surface area contributed by atoms with Crippen LogP contribution in [0, 0.1) is 0 Å². The van der Waals surface area contributed by atoms with Gasteiger partial charge in [-0.25, -0.2) is 4.68 Å². The Balaban J connectivity index is 2.14. The number of hydrogen-bond donors (Lipinski definition) is 0. The van der Waals surface area contributed by atoms with Crippen LogP contribution >= 0.6 is 0 Å². The van der Waals surface area contributed by atoms with E-state index in [0.717, 1.165) is 19.4 Å². The van der Waals surface area contributed by atoms with Crippen LogP contribution in [0.25, 0.3) is 0 Å². The second-order valence-electron chi connectivity index (χ2n) is 4.88. The van der Waals surface area contributed by atoms with Crippen LogP contribution in [0.5, 0.6) is 11.5 Å². The number of nitrogens with zero attached hydrogens (tertiary/aromatic N) is 4. The van der Waals surface area contributed by atoms with Gasteiger partial charge in [0.25, 0.3) is 0 Å². The number of rotatable bonds is 8. The molecule has 1 heterocycles. The number of benzene rings is 1.